The number of aliphatic hydroxyl groups excluding tert-OH is 1. The molecule has 0 radical (unpaired) electrons. The van der Waals surface area contributed by atoms with Crippen LogP contribution in [0, 0.1) is 0 Å². The lowest BCUT2D eigenvalue weighted by atomic mass is 10.1. The highest BCUT2D eigenvalue weighted by atomic mass is 35.5. The predicted octanol–water partition coefficient (Wildman–Crippen LogP) is 4.11. The summed E-state index contributed by atoms with van der Waals surface area (Å²) in [6.07, 6.45) is -4.43. The average Bonchev–Trinajstić information content (AvgIpc) is 2.76. The highest BCUT2D eigenvalue weighted by molar-refractivity contribution is 6.33. The molecule has 1 aromatic carbocycles. The van der Waals surface area contributed by atoms with Crippen molar-refractivity contribution in [1.82, 2.24) is 0 Å². The summed E-state index contributed by atoms with van der Waals surface area (Å²) in [6, 6.07) is 6.09. The first-order valence-corrected chi connectivity index (χ1v) is 5.36. The van der Waals surface area contributed by atoms with Gasteiger partial charge in [-0.1, -0.05) is 11.6 Å². The fourth-order valence-electron chi connectivity index (χ4n) is 1.50. The number of alkyl halides is 3. The van der Waals surface area contributed by atoms with Gasteiger partial charge in [-0.15, -0.1) is 0 Å². The van der Waals surface area contributed by atoms with Gasteiger partial charge in [-0.25, -0.2) is 0 Å². The Morgan fingerprint density at radius 1 is 1.17 bits per heavy atom. The van der Waals surface area contributed by atoms with Gasteiger partial charge in [-0.05, 0) is 30.3 Å². The zero-order valence-electron chi connectivity index (χ0n) is 8.96. The van der Waals surface area contributed by atoms with Crippen LogP contribution in [0.15, 0.2) is 34.7 Å². The van der Waals surface area contributed by atoms with Gasteiger partial charge in [0.1, 0.15) is 18.1 Å². The zero-order chi connectivity index (χ0) is 13.3. The van der Waals surface area contributed by atoms with Gasteiger partial charge in [-0.3, -0.25) is 0 Å². The molecule has 2 rings (SSSR count). The quantitative estimate of drug-likeness (QED) is 0.895. The van der Waals surface area contributed by atoms with Gasteiger partial charge in [0.25, 0.3) is 0 Å². The van der Waals surface area contributed by atoms with Crippen molar-refractivity contribution >= 4 is 11.6 Å². The van der Waals surface area contributed by atoms with Gasteiger partial charge in [0.05, 0.1) is 10.6 Å². The molecular weight excluding hydrogens is 269 g/mol. The van der Waals surface area contributed by atoms with Crippen LogP contribution in [0.2, 0.25) is 5.02 Å². The maximum Gasteiger partial charge on any atom is 0.416 e. The maximum atomic E-state index is 12.4. The Labute approximate surface area is 106 Å². The summed E-state index contributed by atoms with van der Waals surface area (Å²) in [5, 5.41) is 8.79. The van der Waals surface area contributed by atoms with Crippen LogP contribution in [0.3, 0.4) is 0 Å². The van der Waals surface area contributed by atoms with Crippen LogP contribution in [-0.2, 0) is 12.8 Å². The van der Waals surface area contributed by atoms with Crippen molar-refractivity contribution in [3.05, 3.63) is 46.7 Å². The zero-order valence-corrected chi connectivity index (χ0v) is 9.72. The van der Waals surface area contributed by atoms with E-state index in [-0.39, 0.29) is 11.6 Å². The lowest BCUT2D eigenvalue weighted by molar-refractivity contribution is -0.137. The van der Waals surface area contributed by atoms with Crippen LogP contribution in [0.4, 0.5) is 13.2 Å². The van der Waals surface area contributed by atoms with E-state index in [1.54, 1.807) is 6.07 Å². The summed E-state index contributed by atoms with van der Waals surface area (Å²) in [6.45, 7) is -0.280. The first kappa shape index (κ1) is 13.0. The molecule has 0 bridgehead atoms. The smallest absolute Gasteiger partial charge is 0.416 e. The Balaban J connectivity index is 2.41. The van der Waals surface area contributed by atoms with Gasteiger partial charge in [-0.2, -0.15) is 13.2 Å². The van der Waals surface area contributed by atoms with Crippen molar-refractivity contribution in [3.8, 4) is 11.3 Å². The second kappa shape index (κ2) is 4.66. The van der Waals surface area contributed by atoms with E-state index >= 15 is 0 Å². The van der Waals surface area contributed by atoms with Crippen molar-refractivity contribution < 1.29 is 22.7 Å². The molecule has 1 N–H and O–H groups in total. The van der Waals surface area contributed by atoms with E-state index in [1.807, 2.05) is 0 Å². The molecule has 1 aromatic heterocycles. The van der Waals surface area contributed by atoms with Crippen LogP contribution in [0.1, 0.15) is 11.3 Å². The molecule has 0 atom stereocenters. The van der Waals surface area contributed by atoms with Gasteiger partial charge >= 0.3 is 6.18 Å². The van der Waals surface area contributed by atoms with Crippen LogP contribution in [0.5, 0.6) is 0 Å². The van der Waals surface area contributed by atoms with Crippen molar-refractivity contribution in [2.75, 3.05) is 0 Å². The van der Waals surface area contributed by atoms with Gasteiger partial charge in [0.15, 0.2) is 0 Å². The third-order valence-corrected chi connectivity index (χ3v) is 2.69. The molecule has 0 unspecified atom stereocenters. The minimum absolute atomic E-state index is 0.0522. The van der Waals surface area contributed by atoms with E-state index in [0.717, 1.165) is 12.1 Å². The number of furan rings is 1. The molecule has 0 amide bonds. The number of rotatable bonds is 2. The van der Waals surface area contributed by atoms with Crippen molar-refractivity contribution in [1.29, 1.82) is 0 Å². The Morgan fingerprint density at radius 2 is 1.89 bits per heavy atom. The van der Waals surface area contributed by atoms with Crippen molar-refractivity contribution in [2.45, 2.75) is 12.8 Å². The molecule has 2 aromatic rings. The van der Waals surface area contributed by atoms with E-state index in [0.29, 0.717) is 17.1 Å². The van der Waals surface area contributed by atoms with Gasteiger partial charge in [0, 0.05) is 5.56 Å². The monoisotopic (exact) mass is 276 g/mol. The fraction of sp³-hybridized carbons (Fsp3) is 0.167. The van der Waals surface area contributed by atoms with Crippen LogP contribution in [-0.4, -0.2) is 5.11 Å². The van der Waals surface area contributed by atoms with Crippen LogP contribution in [0.25, 0.3) is 11.3 Å². The summed E-state index contributed by atoms with van der Waals surface area (Å²) in [5.41, 5.74) is -0.463. The Morgan fingerprint density at radius 3 is 2.39 bits per heavy atom. The van der Waals surface area contributed by atoms with Crippen LogP contribution < -0.4 is 0 Å². The summed E-state index contributed by atoms with van der Waals surface area (Å²) in [4.78, 5) is 0. The molecular formula is C12H8ClF3O2. The summed E-state index contributed by atoms with van der Waals surface area (Å²) in [5.74, 6) is 0.638. The number of halogens is 4. The fourth-order valence-corrected chi connectivity index (χ4v) is 1.77. The van der Waals surface area contributed by atoms with E-state index in [1.165, 1.54) is 12.1 Å². The van der Waals surface area contributed by atoms with E-state index < -0.39 is 11.7 Å². The molecule has 96 valence electrons. The Bertz CT molecular complexity index is 561. The summed E-state index contributed by atoms with van der Waals surface area (Å²) < 4.78 is 42.5. The second-order valence-corrected chi connectivity index (χ2v) is 4.02. The molecule has 0 spiro atoms. The molecule has 0 aliphatic carbocycles. The molecule has 0 saturated heterocycles. The minimum atomic E-state index is -4.43. The highest BCUT2D eigenvalue weighted by Gasteiger charge is 2.31. The number of hydrogen-bond donors (Lipinski definition) is 1. The van der Waals surface area contributed by atoms with E-state index in [2.05, 4.69) is 0 Å². The van der Waals surface area contributed by atoms with Gasteiger partial charge in [0.2, 0.25) is 0 Å². The molecule has 6 heteroatoms. The van der Waals surface area contributed by atoms with Crippen molar-refractivity contribution in [2.24, 2.45) is 0 Å². The second-order valence-electron chi connectivity index (χ2n) is 3.62. The SMILES string of the molecule is OCc1ccc(-c2ccc(C(F)(F)F)cc2Cl)o1. The lowest BCUT2D eigenvalue weighted by Gasteiger charge is -2.08. The average molecular weight is 277 g/mol. The molecule has 0 fully saturated rings. The first-order chi connectivity index (χ1) is 8.41. The summed E-state index contributed by atoms with van der Waals surface area (Å²) in [7, 11) is 0. The third-order valence-electron chi connectivity index (χ3n) is 2.38. The molecule has 1 heterocycles. The molecule has 0 saturated carbocycles. The van der Waals surface area contributed by atoms with Crippen LogP contribution >= 0.6 is 11.6 Å². The standard InChI is InChI=1S/C12H8ClF3O2/c13-10-5-7(12(14,15)16)1-3-9(10)11-4-2-8(6-17)18-11/h1-5,17H,6H2. The third kappa shape index (κ3) is 2.52. The van der Waals surface area contributed by atoms with Gasteiger partial charge < -0.3 is 9.52 Å². The molecule has 0 aliphatic heterocycles. The normalized spacial score (nSPS) is 11.8. The Hall–Kier alpha value is -1.46. The number of aliphatic hydroxyl groups is 1. The number of benzene rings is 1. The molecule has 0 aliphatic rings. The largest absolute Gasteiger partial charge is 0.459 e. The topological polar surface area (TPSA) is 33.4 Å². The predicted molar refractivity (Wildman–Crippen MR) is 60.1 cm³/mol. The number of hydrogen-bond acceptors (Lipinski definition) is 2. The highest BCUT2D eigenvalue weighted by Crippen LogP contribution is 2.36. The lowest BCUT2D eigenvalue weighted by Crippen LogP contribution is -2.04. The first-order valence-electron chi connectivity index (χ1n) is 4.98. The summed E-state index contributed by atoms with van der Waals surface area (Å²) >= 11 is 5.80. The van der Waals surface area contributed by atoms with E-state index in [4.69, 9.17) is 21.1 Å². The molecule has 18 heavy (non-hydrogen) atoms. The van der Waals surface area contributed by atoms with Crippen molar-refractivity contribution in [3.63, 3.8) is 0 Å². The Kier molecular flexibility index (Phi) is 3.36. The van der Waals surface area contributed by atoms with E-state index in [9.17, 15) is 13.2 Å². The minimum Gasteiger partial charge on any atom is -0.459 e. The maximum absolute atomic E-state index is 12.4. The molecule has 2 nitrogen and oxygen atoms in total.